The number of hydrogen-bond acceptors (Lipinski definition) is 1. The third-order valence-corrected chi connectivity index (χ3v) is 4.34. The highest BCUT2D eigenvalue weighted by atomic mass is 15.3. The zero-order valence-corrected chi connectivity index (χ0v) is 13.4. The molecule has 1 aliphatic heterocycles. The number of rotatable bonds is 1. The summed E-state index contributed by atoms with van der Waals surface area (Å²) in [5, 5.41) is 0. The van der Waals surface area contributed by atoms with Crippen LogP contribution in [-0.2, 0) is 0 Å². The van der Waals surface area contributed by atoms with E-state index in [1.54, 1.807) is 0 Å². The van der Waals surface area contributed by atoms with E-state index in [-0.39, 0.29) is 5.54 Å². The van der Waals surface area contributed by atoms with Crippen molar-refractivity contribution in [1.82, 2.24) is 4.90 Å². The van der Waals surface area contributed by atoms with Crippen molar-refractivity contribution < 1.29 is 0 Å². The summed E-state index contributed by atoms with van der Waals surface area (Å²) < 4.78 is 0. The number of nitrogens with zero attached hydrogens (tertiary/aromatic N) is 1. The molecular formula is C18H29N. The van der Waals surface area contributed by atoms with Crippen molar-refractivity contribution in [3.05, 3.63) is 35.9 Å². The highest BCUT2D eigenvalue weighted by Gasteiger charge is 2.45. The van der Waals surface area contributed by atoms with Gasteiger partial charge in [-0.05, 0) is 44.6 Å². The van der Waals surface area contributed by atoms with Gasteiger partial charge in [-0.2, -0.15) is 0 Å². The van der Waals surface area contributed by atoms with Crippen LogP contribution in [-0.4, -0.2) is 16.5 Å². The van der Waals surface area contributed by atoms with Crippen LogP contribution in [0.15, 0.2) is 30.3 Å². The van der Waals surface area contributed by atoms with Crippen molar-refractivity contribution in [3.8, 4) is 0 Å². The molecular weight excluding hydrogens is 230 g/mol. The molecule has 2 atom stereocenters. The minimum atomic E-state index is 0.217. The average molecular weight is 259 g/mol. The Bertz CT molecular complexity index is 408. The molecule has 0 N–H and O–H groups in total. The van der Waals surface area contributed by atoms with Crippen molar-refractivity contribution in [2.24, 2.45) is 5.41 Å². The number of hydrogen-bond donors (Lipinski definition) is 0. The van der Waals surface area contributed by atoms with Crippen molar-refractivity contribution >= 4 is 0 Å². The second-order valence-electron chi connectivity index (χ2n) is 7.96. The van der Waals surface area contributed by atoms with Gasteiger partial charge >= 0.3 is 0 Å². The van der Waals surface area contributed by atoms with E-state index in [0.717, 1.165) is 0 Å². The molecule has 1 heteroatoms. The lowest BCUT2D eigenvalue weighted by molar-refractivity contribution is 0.0247. The predicted molar refractivity (Wildman–Crippen MR) is 83.3 cm³/mol. The van der Waals surface area contributed by atoms with E-state index in [2.05, 4.69) is 76.8 Å². The lowest BCUT2D eigenvalue weighted by Gasteiger charge is -2.46. The van der Waals surface area contributed by atoms with Crippen molar-refractivity contribution in [1.29, 1.82) is 0 Å². The lowest BCUT2D eigenvalue weighted by Crippen LogP contribution is -2.50. The SMILES string of the molecule is CC(C)(C)C1CCC(c2ccccc2)N1C(C)(C)C. The quantitative estimate of drug-likeness (QED) is 0.683. The second-order valence-corrected chi connectivity index (χ2v) is 7.96. The first-order valence-electron chi connectivity index (χ1n) is 7.54. The van der Waals surface area contributed by atoms with E-state index in [0.29, 0.717) is 17.5 Å². The Morgan fingerprint density at radius 1 is 0.895 bits per heavy atom. The van der Waals surface area contributed by atoms with Gasteiger partial charge in [0.15, 0.2) is 0 Å². The van der Waals surface area contributed by atoms with E-state index in [1.165, 1.54) is 18.4 Å². The molecule has 1 fully saturated rings. The molecule has 19 heavy (non-hydrogen) atoms. The fraction of sp³-hybridized carbons (Fsp3) is 0.667. The molecule has 106 valence electrons. The van der Waals surface area contributed by atoms with E-state index < -0.39 is 0 Å². The average Bonchev–Trinajstić information content (AvgIpc) is 2.74. The summed E-state index contributed by atoms with van der Waals surface area (Å²) in [5.41, 5.74) is 2.04. The minimum absolute atomic E-state index is 0.217. The first-order valence-corrected chi connectivity index (χ1v) is 7.54. The maximum atomic E-state index is 2.75. The smallest absolute Gasteiger partial charge is 0.0357 e. The molecule has 0 radical (unpaired) electrons. The van der Waals surface area contributed by atoms with E-state index in [4.69, 9.17) is 0 Å². The zero-order valence-electron chi connectivity index (χ0n) is 13.4. The Morgan fingerprint density at radius 3 is 1.95 bits per heavy atom. The monoisotopic (exact) mass is 259 g/mol. The number of likely N-dealkylation sites (tertiary alicyclic amines) is 1. The normalized spacial score (nSPS) is 25.8. The van der Waals surface area contributed by atoms with Gasteiger partial charge in [-0.3, -0.25) is 4.90 Å². The van der Waals surface area contributed by atoms with Gasteiger partial charge in [-0.25, -0.2) is 0 Å². The lowest BCUT2D eigenvalue weighted by atomic mass is 9.83. The van der Waals surface area contributed by atoms with Gasteiger partial charge in [0.05, 0.1) is 0 Å². The summed E-state index contributed by atoms with van der Waals surface area (Å²) >= 11 is 0. The fourth-order valence-corrected chi connectivity index (χ4v) is 3.60. The maximum Gasteiger partial charge on any atom is 0.0357 e. The van der Waals surface area contributed by atoms with Gasteiger partial charge in [-0.1, -0.05) is 51.1 Å². The Balaban J connectivity index is 2.36. The minimum Gasteiger partial charge on any atom is -0.288 e. The molecule has 1 aliphatic rings. The summed E-state index contributed by atoms with van der Waals surface area (Å²) in [7, 11) is 0. The summed E-state index contributed by atoms with van der Waals surface area (Å²) in [4.78, 5) is 2.75. The largest absolute Gasteiger partial charge is 0.288 e. The third-order valence-electron chi connectivity index (χ3n) is 4.34. The molecule has 2 rings (SSSR count). The summed E-state index contributed by atoms with van der Waals surface area (Å²) in [6.07, 6.45) is 2.59. The third kappa shape index (κ3) is 3.02. The van der Waals surface area contributed by atoms with Gasteiger partial charge in [-0.15, -0.1) is 0 Å². The molecule has 0 aliphatic carbocycles. The Morgan fingerprint density at radius 2 is 1.47 bits per heavy atom. The van der Waals surface area contributed by atoms with Crippen molar-refractivity contribution in [3.63, 3.8) is 0 Å². The van der Waals surface area contributed by atoms with Crippen LogP contribution in [0.3, 0.4) is 0 Å². The fourth-order valence-electron chi connectivity index (χ4n) is 3.60. The number of benzene rings is 1. The molecule has 1 saturated heterocycles. The van der Waals surface area contributed by atoms with Gasteiger partial charge in [0, 0.05) is 17.6 Å². The Hall–Kier alpha value is -0.820. The van der Waals surface area contributed by atoms with Crippen LogP contribution in [0.5, 0.6) is 0 Å². The van der Waals surface area contributed by atoms with E-state index >= 15 is 0 Å². The topological polar surface area (TPSA) is 3.24 Å². The molecule has 0 spiro atoms. The van der Waals surface area contributed by atoms with Crippen LogP contribution in [0.25, 0.3) is 0 Å². The van der Waals surface area contributed by atoms with E-state index in [1.807, 2.05) is 0 Å². The predicted octanol–water partition coefficient (Wildman–Crippen LogP) is 5.04. The van der Waals surface area contributed by atoms with Crippen molar-refractivity contribution in [2.75, 3.05) is 0 Å². The highest BCUT2D eigenvalue weighted by molar-refractivity contribution is 5.22. The van der Waals surface area contributed by atoms with Crippen LogP contribution in [0, 0.1) is 5.41 Å². The Labute approximate surface area is 119 Å². The summed E-state index contributed by atoms with van der Waals surface area (Å²) in [6, 6.07) is 12.3. The highest BCUT2D eigenvalue weighted by Crippen LogP contribution is 2.46. The van der Waals surface area contributed by atoms with Gasteiger partial charge < -0.3 is 0 Å². The molecule has 1 aromatic carbocycles. The summed E-state index contributed by atoms with van der Waals surface area (Å²) in [5.74, 6) is 0. The van der Waals surface area contributed by atoms with Gasteiger partial charge in [0.1, 0.15) is 0 Å². The zero-order chi connectivity index (χ0) is 14.3. The van der Waals surface area contributed by atoms with Crippen LogP contribution in [0.1, 0.15) is 66.0 Å². The Kier molecular flexibility index (Phi) is 3.79. The van der Waals surface area contributed by atoms with Crippen LogP contribution in [0.2, 0.25) is 0 Å². The van der Waals surface area contributed by atoms with Crippen LogP contribution in [0.4, 0.5) is 0 Å². The van der Waals surface area contributed by atoms with Crippen molar-refractivity contribution in [2.45, 2.75) is 72.0 Å². The molecule has 0 saturated carbocycles. The molecule has 0 aromatic heterocycles. The van der Waals surface area contributed by atoms with Crippen LogP contribution < -0.4 is 0 Å². The first-order chi connectivity index (χ1) is 8.71. The molecule has 0 bridgehead atoms. The van der Waals surface area contributed by atoms with Gasteiger partial charge in [0.2, 0.25) is 0 Å². The molecule has 1 nitrogen and oxygen atoms in total. The second kappa shape index (κ2) is 4.94. The maximum absolute atomic E-state index is 2.75. The first kappa shape index (κ1) is 14.6. The van der Waals surface area contributed by atoms with E-state index in [9.17, 15) is 0 Å². The van der Waals surface area contributed by atoms with Crippen LogP contribution >= 0.6 is 0 Å². The molecule has 1 aromatic rings. The molecule has 0 amide bonds. The summed E-state index contributed by atoms with van der Waals surface area (Å²) in [6.45, 7) is 14.2. The molecule has 1 heterocycles. The molecule has 2 unspecified atom stereocenters. The van der Waals surface area contributed by atoms with Gasteiger partial charge in [0.25, 0.3) is 0 Å². The standard InChI is InChI=1S/C18H29N/c1-17(2,3)16-13-12-15(19(16)18(4,5)6)14-10-8-7-9-11-14/h7-11,15-16H,12-13H2,1-6H3.